The van der Waals surface area contributed by atoms with Crippen LogP contribution < -0.4 is 5.32 Å². The van der Waals surface area contributed by atoms with Gasteiger partial charge in [0.2, 0.25) is 0 Å². The first-order valence-electron chi connectivity index (χ1n) is 8.79. The minimum atomic E-state index is -0.331. The largest absolute Gasteiger partial charge is 0.339 e. The van der Waals surface area contributed by atoms with Gasteiger partial charge in [-0.2, -0.15) is 0 Å². The number of fused-ring (bicyclic) bond motifs is 3. The third-order valence-electron chi connectivity index (χ3n) is 4.64. The number of nitrogens with zero attached hydrogens (tertiary/aromatic N) is 2. The van der Waals surface area contributed by atoms with Crippen molar-refractivity contribution in [1.29, 1.82) is 0 Å². The molecule has 6 heteroatoms. The van der Waals surface area contributed by atoms with Crippen LogP contribution in [0.5, 0.6) is 0 Å². The van der Waals surface area contributed by atoms with Crippen molar-refractivity contribution in [2.24, 2.45) is 0 Å². The standard InChI is InChI=1S/C22H15F2N3S/c1-13-6-11-17(24)16(12-13)20-21(25-15-9-7-14(23)8-10-15)27-18-4-2-3-5-19(18)28-22(27)26-20/h2-12,25H,1H3. The highest BCUT2D eigenvalue weighted by Crippen LogP contribution is 2.38. The summed E-state index contributed by atoms with van der Waals surface area (Å²) in [6.45, 7) is 1.92. The smallest absolute Gasteiger partial charge is 0.197 e. The number of halogens is 2. The molecule has 0 fully saturated rings. The lowest BCUT2D eigenvalue weighted by Crippen LogP contribution is -1.98. The minimum Gasteiger partial charge on any atom is -0.339 e. The minimum absolute atomic E-state index is 0.310. The van der Waals surface area contributed by atoms with Gasteiger partial charge in [-0.05, 0) is 55.5 Å². The second-order valence-electron chi connectivity index (χ2n) is 6.61. The summed E-state index contributed by atoms with van der Waals surface area (Å²) in [5, 5.41) is 3.32. The maximum atomic E-state index is 14.7. The summed E-state index contributed by atoms with van der Waals surface area (Å²) >= 11 is 1.54. The predicted molar refractivity (Wildman–Crippen MR) is 110 cm³/mol. The number of nitrogens with one attached hydrogen (secondary N) is 1. The topological polar surface area (TPSA) is 29.3 Å². The molecule has 0 aliphatic heterocycles. The maximum absolute atomic E-state index is 14.7. The summed E-state index contributed by atoms with van der Waals surface area (Å²) in [6.07, 6.45) is 0. The first-order valence-corrected chi connectivity index (χ1v) is 9.61. The third kappa shape index (κ3) is 2.73. The molecule has 3 nitrogen and oxygen atoms in total. The lowest BCUT2D eigenvalue weighted by Gasteiger charge is -2.10. The Balaban J connectivity index is 1.79. The Morgan fingerprint density at radius 3 is 2.57 bits per heavy atom. The molecule has 0 spiro atoms. The van der Waals surface area contributed by atoms with Crippen molar-refractivity contribution in [1.82, 2.24) is 9.38 Å². The Morgan fingerprint density at radius 1 is 0.964 bits per heavy atom. The summed E-state index contributed by atoms with van der Waals surface area (Å²) in [4.78, 5) is 5.51. The van der Waals surface area contributed by atoms with Gasteiger partial charge in [-0.15, -0.1) is 0 Å². The number of rotatable bonds is 3. The van der Waals surface area contributed by atoms with E-state index < -0.39 is 0 Å². The fourth-order valence-electron chi connectivity index (χ4n) is 3.31. The average molecular weight is 391 g/mol. The van der Waals surface area contributed by atoms with E-state index in [1.807, 2.05) is 35.6 Å². The maximum Gasteiger partial charge on any atom is 0.197 e. The molecular weight excluding hydrogens is 376 g/mol. The zero-order chi connectivity index (χ0) is 19.3. The van der Waals surface area contributed by atoms with Gasteiger partial charge >= 0.3 is 0 Å². The number of para-hydroxylation sites is 1. The number of hydrogen-bond acceptors (Lipinski definition) is 3. The first-order chi connectivity index (χ1) is 13.6. The summed E-state index contributed by atoms with van der Waals surface area (Å²) in [6, 6.07) is 19.0. The first kappa shape index (κ1) is 16.9. The van der Waals surface area contributed by atoms with E-state index in [1.54, 1.807) is 35.6 Å². The molecule has 0 bridgehead atoms. The molecule has 0 saturated carbocycles. The average Bonchev–Trinajstić information content (AvgIpc) is 3.22. The van der Waals surface area contributed by atoms with E-state index in [1.165, 1.54) is 18.2 Å². The predicted octanol–water partition coefficient (Wildman–Crippen LogP) is 6.55. The number of benzene rings is 3. The molecule has 2 aromatic heterocycles. The molecule has 0 aliphatic carbocycles. The van der Waals surface area contributed by atoms with Crippen LogP contribution in [0.15, 0.2) is 66.7 Å². The number of imidazole rings is 1. The molecule has 5 rings (SSSR count). The van der Waals surface area contributed by atoms with Gasteiger partial charge in [-0.25, -0.2) is 13.8 Å². The Labute approximate surface area is 163 Å². The molecular formula is C22H15F2N3S. The van der Waals surface area contributed by atoms with Gasteiger partial charge < -0.3 is 5.32 Å². The van der Waals surface area contributed by atoms with E-state index in [0.29, 0.717) is 22.8 Å². The van der Waals surface area contributed by atoms with Crippen LogP contribution in [0.1, 0.15) is 5.56 Å². The fraction of sp³-hybridized carbons (Fsp3) is 0.0455. The number of hydrogen-bond donors (Lipinski definition) is 1. The summed E-state index contributed by atoms with van der Waals surface area (Å²) in [5.74, 6) is 0.0151. The van der Waals surface area contributed by atoms with Crippen LogP contribution in [0.3, 0.4) is 0 Å². The summed E-state index contributed by atoms with van der Waals surface area (Å²) in [5.41, 5.74) is 3.60. The van der Waals surface area contributed by atoms with Gasteiger partial charge in [0, 0.05) is 11.3 Å². The Bertz CT molecular complexity index is 1320. The van der Waals surface area contributed by atoms with Gasteiger partial charge in [-0.3, -0.25) is 4.40 Å². The quantitative estimate of drug-likeness (QED) is 0.378. The monoisotopic (exact) mass is 391 g/mol. The zero-order valence-electron chi connectivity index (χ0n) is 14.9. The van der Waals surface area contributed by atoms with Crippen LogP contribution in [-0.2, 0) is 0 Å². The molecule has 28 heavy (non-hydrogen) atoms. The molecule has 0 unspecified atom stereocenters. The molecule has 0 amide bonds. The lowest BCUT2D eigenvalue weighted by atomic mass is 10.1. The molecule has 1 N–H and O–H groups in total. The van der Waals surface area contributed by atoms with Crippen molar-refractivity contribution >= 4 is 38.0 Å². The van der Waals surface area contributed by atoms with Crippen molar-refractivity contribution < 1.29 is 8.78 Å². The normalized spacial score (nSPS) is 11.4. The van der Waals surface area contributed by atoms with Crippen LogP contribution in [0.2, 0.25) is 0 Å². The number of aromatic nitrogens is 2. The SMILES string of the molecule is Cc1ccc(F)c(-c2nc3sc4ccccc4n3c2Nc2ccc(F)cc2)c1. The fourth-order valence-corrected chi connectivity index (χ4v) is 4.34. The van der Waals surface area contributed by atoms with Crippen molar-refractivity contribution in [2.75, 3.05) is 5.32 Å². The lowest BCUT2D eigenvalue weighted by molar-refractivity contribution is 0.628. The summed E-state index contributed by atoms with van der Waals surface area (Å²) < 4.78 is 31.1. The summed E-state index contributed by atoms with van der Waals surface area (Å²) in [7, 11) is 0. The van der Waals surface area contributed by atoms with Crippen molar-refractivity contribution in [3.8, 4) is 11.3 Å². The molecule has 3 aromatic carbocycles. The van der Waals surface area contributed by atoms with E-state index >= 15 is 0 Å². The van der Waals surface area contributed by atoms with Crippen LogP contribution >= 0.6 is 11.3 Å². The number of thiazole rings is 1. The Morgan fingerprint density at radius 2 is 1.75 bits per heavy atom. The van der Waals surface area contributed by atoms with Crippen molar-refractivity contribution in [3.63, 3.8) is 0 Å². The highest BCUT2D eigenvalue weighted by Gasteiger charge is 2.21. The van der Waals surface area contributed by atoms with Gasteiger partial charge in [0.15, 0.2) is 4.96 Å². The molecule has 138 valence electrons. The number of aryl methyl sites for hydroxylation is 1. The highest BCUT2D eigenvalue weighted by atomic mass is 32.1. The Hall–Kier alpha value is -3.25. The van der Waals surface area contributed by atoms with E-state index in [2.05, 4.69) is 5.32 Å². The Kier molecular flexibility index (Phi) is 3.87. The molecule has 0 radical (unpaired) electrons. The van der Waals surface area contributed by atoms with Gasteiger partial charge in [0.05, 0.1) is 10.2 Å². The second-order valence-corrected chi connectivity index (χ2v) is 7.62. The van der Waals surface area contributed by atoms with Gasteiger partial charge in [0.25, 0.3) is 0 Å². The molecule has 5 aromatic rings. The van der Waals surface area contributed by atoms with Gasteiger partial charge in [-0.1, -0.05) is 35.1 Å². The van der Waals surface area contributed by atoms with E-state index in [-0.39, 0.29) is 11.6 Å². The molecule has 0 aliphatic rings. The molecule has 2 heterocycles. The van der Waals surface area contributed by atoms with Crippen LogP contribution in [0.25, 0.3) is 26.4 Å². The molecule has 0 saturated heterocycles. The van der Waals surface area contributed by atoms with E-state index in [0.717, 1.165) is 20.7 Å². The third-order valence-corrected chi connectivity index (χ3v) is 5.66. The van der Waals surface area contributed by atoms with E-state index in [4.69, 9.17) is 4.98 Å². The van der Waals surface area contributed by atoms with Crippen LogP contribution in [0.4, 0.5) is 20.3 Å². The van der Waals surface area contributed by atoms with Crippen LogP contribution in [-0.4, -0.2) is 9.38 Å². The molecule has 0 atom stereocenters. The van der Waals surface area contributed by atoms with Crippen LogP contribution in [0, 0.1) is 18.6 Å². The van der Waals surface area contributed by atoms with Crippen molar-refractivity contribution in [2.45, 2.75) is 6.92 Å². The van der Waals surface area contributed by atoms with Crippen molar-refractivity contribution in [3.05, 3.63) is 83.9 Å². The van der Waals surface area contributed by atoms with E-state index in [9.17, 15) is 8.78 Å². The number of anilines is 2. The van der Waals surface area contributed by atoms with Gasteiger partial charge in [0.1, 0.15) is 23.1 Å². The zero-order valence-corrected chi connectivity index (χ0v) is 15.7. The second kappa shape index (κ2) is 6.42. The highest BCUT2D eigenvalue weighted by molar-refractivity contribution is 7.23.